The number of H-pyrrole nitrogens is 1. The maximum absolute atomic E-state index is 14.0. The van der Waals surface area contributed by atoms with Gasteiger partial charge < -0.3 is 15.4 Å². The molecule has 0 radical (unpaired) electrons. The van der Waals surface area contributed by atoms with Gasteiger partial charge in [-0.3, -0.25) is 0 Å². The summed E-state index contributed by atoms with van der Waals surface area (Å²) in [6, 6.07) is 15.3. The predicted molar refractivity (Wildman–Crippen MR) is 92.7 cm³/mol. The lowest BCUT2D eigenvalue weighted by Gasteiger charge is -2.22. The predicted octanol–water partition coefficient (Wildman–Crippen LogP) is 4.33. The van der Waals surface area contributed by atoms with E-state index in [0.29, 0.717) is 17.1 Å². The minimum absolute atomic E-state index is 0.156. The van der Waals surface area contributed by atoms with Crippen molar-refractivity contribution in [2.45, 2.75) is 18.9 Å². The second-order valence-electron chi connectivity index (χ2n) is 5.79. The number of aromatic amines is 1. The smallest absolute Gasteiger partial charge is 0.405 e. The lowest BCUT2D eigenvalue weighted by atomic mass is 9.93. The molecule has 0 aliphatic rings. The first-order chi connectivity index (χ1) is 12.1. The number of amides is 1. The van der Waals surface area contributed by atoms with Crippen molar-refractivity contribution in [2.24, 2.45) is 0 Å². The molecule has 3 rings (SSSR count). The van der Waals surface area contributed by atoms with Crippen molar-refractivity contribution in [3.8, 4) is 11.3 Å². The van der Waals surface area contributed by atoms with Gasteiger partial charge in [0.2, 0.25) is 0 Å². The number of carboxylic acid groups (broad SMARTS) is 1. The lowest BCUT2D eigenvalue weighted by Crippen LogP contribution is -2.31. The highest BCUT2D eigenvalue weighted by molar-refractivity contribution is 5.65. The Hall–Kier alpha value is -3.15. The molecule has 0 saturated heterocycles. The number of hydrogen-bond acceptors (Lipinski definition) is 2. The molecule has 128 valence electrons. The molecule has 5 nitrogen and oxygen atoms in total. The van der Waals surface area contributed by atoms with E-state index in [4.69, 9.17) is 0 Å². The van der Waals surface area contributed by atoms with E-state index in [2.05, 4.69) is 15.3 Å². The second kappa shape index (κ2) is 7.17. The molecule has 0 aliphatic heterocycles. The monoisotopic (exact) mass is 339 g/mol. The largest absolute Gasteiger partial charge is 0.465 e. The molecule has 25 heavy (non-hydrogen) atoms. The fourth-order valence-electron chi connectivity index (χ4n) is 2.82. The van der Waals surface area contributed by atoms with Crippen LogP contribution in [0.5, 0.6) is 0 Å². The number of nitrogens with zero attached hydrogens (tertiary/aromatic N) is 1. The standard InChI is InChI=1S/C19H18FN3O2/c1-12(13-7-3-2-4-8-13)17(23-19(24)25)18-21-11-16(22-18)14-9-5-6-10-15(14)20/h2-12,17,23H,1H3,(H,21,22)(H,24,25)/t12-,17-/m0/s1. The number of rotatable bonds is 5. The van der Waals surface area contributed by atoms with Crippen LogP contribution in [0.1, 0.15) is 30.3 Å². The van der Waals surface area contributed by atoms with E-state index in [1.54, 1.807) is 18.2 Å². The summed E-state index contributed by atoms with van der Waals surface area (Å²) in [5, 5.41) is 11.7. The minimum atomic E-state index is -1.14. The van der Waals surface area contributed by atoms with Gasteiger partial charge in [-0.15, -0.1) is 0 Å². The molecule has 2 aromatic carbocycles. The summed E-state index contributed by atoms with van der Waals surface area (Å²) in [5.74, 6) is -0.0783. The molecule has 0 fully saturated rings. The molecular formula is C19H18FN3O2. The summed E-state index contributed by atoms with van der Waals surface area (Å²) in [6.45, 7) is 1.92. The van der Waals surface area contributed by atoms with Crippen LogP contribution in [-0.2, 0) is 0 Å². The van der Waals surface area contributed by atoms with Crippen LogP contribution in [-0.4, -0.2) is 21.2 Å². The molecule has 1 amide bonds. The number of benzene rings is 2. The highest BCUT2D eigenvalue weighted by Gasteiger charge is 2.25. The van der Waals surface area contributed by atoms with Gasteiger partial charge in [0, 0.05) is 11.5 Å². The number of imidazole rings is 1. The minimum Gasteiger partial charge on any atom is -0.465 e. The van der Waals surface area contributed by atoms with Crippen LogP contribution in [0.25, 0.3) is 11.3 Å². The Labute approximate surface area is 144 Å². The van der Waals surface area contributed by atoms with Gasteiger partial charge in [-0.25, -0.2) is 14.2 Å². The molecule has 0 unspecified atom stereocenters. The van der Waals surface area contributed by atoms with E-state index in [1.165, 1.54) is 12.3 Å². The van der Waals surface area contributed by atoms with Crippen LogP contribution >= 0.6 is 0 Å². The van der Waals surface area contributed by atoms with E-state index >= 15 is 0 Å². The molecule has 1 aromatic heterocycles. The fourth-order valence-corrected chi connectivity index (χ4v) is 2.82. The van der Waals surface area contributed by atoms with E-state index in [0.717, 1.165) is 5.56 Å². The topological polar surface area (TPSA) is 78.0 Å². The van der Waals surface area contributed by atoms with Crippen molar-refractivity contribution >= 4 is 6.09 Å². The molecule has 6 heteroatoms. The summed E-state index contributed by atoms with van der Waals surface area (Å²) >= 11 is 0. The summed E-state index contributed by atoms with van der Waals surface area (Å²) in [6.07, 6.45) is 0.374. The van der Waals surface area contributed by atoms with Gasteiger partial charge in [-0.2, -0.15) is 0 Å². The third-order valence-corrected chi connectivity index (χ3v) is 4.16. The van der Waals surface area contributed by atoms with Crippen LogP contribution in [0.2, 0.25) is 0 Å². The Kier molecular flexibility index (Phi) is 4.79. The van der Waals surface area contributed by atoms with Gasteiger partial charge in [0.25, 0.3) is 0 Å². The van der Waals surface area contributed by atoms with Crippen molar-refractivity contribution in [2.75, 3.05) is 0 Å². The molecule has 1 heterocycles. The van der Waals surface area contributed by atoms with Crippen molar-refractivity contribution in [1.82, 2.24) is 15.3 Å². The van der Waals surface area contributed by atoms with Gasteiger partial charge in [0.05, 0.1) is 17.9 Å². The normalized spacial score (nSPS) is 13.2. The first-order valence-corrected chi connectivity index (χ1v) is 7.90. The van der Waals surface area contributed by atoms with E-state index in [-0.39, 0.29) is 11.7 Å². The van der Waals surface area contributed by atoms with Gasteiger partial charge >= 0.3 is 6.09 Å². The summed E-state index contributed by atoms with van der Waals surface area (Å²) < 4.78 is 14.0. The molecule has 3 N–H and O–H groups in total. The lowest BCUT2D eigenvalue weighted by molar-refractivity contribution is 0.187. The first-order valence-electron chi connectivity index (χ1n) is 7.90. The Morgan fingerprint density at radius 1 is 1.16 bits per heavy atom. The van der Waals surface area contributed by atoms with Gasteiger partial charge in [0.15, 0.2) is 0 Å². The maximum Gasteiger partial charge on any atom is 0.405 e. The third-order valence-electron chi connectivity index (χ3n) is 4.16. The van der Waals surface area contributed by atoms with Crippen molar-refractivity contribution < 1.29 is 14.3 Å². The zero-order chi connectivity index (χ0) is 17.8. The van der Waals surface area contributed by atoms with E-state index in [1.807, 2.05) is 37.3 Å². The highest BCUT2D eigenvalue weighted by atomic mass is 19.1. The molecule has 0 bridgehead atoms. The van der Waals surface area contributed by atoms with Crippen molar-refractivity contribution in [1.29, 1.82) is 0 Å². The Bertz CT molecular complexity index is 864. The Balaban J connectivity index is 1.95. The third kappa shape index (κ3) is 3.68. The second-order valence-corrected chi connectivity index (χ2v) is 5.79. The molecule has 0 spiro atoms. The number of nitrogens with one attached hydrogen (secondary N) is 2. The van der Waals surface area contributed by atoms with Crippen LogP contribution in [0, 0.1) is 5.82 Å². The van der Waals surface area contributed by atoms with E-state index < -0.39 is 12.1 Å². The fraction of sp³-hybridized carbons (Fsp3) is 0.158. The zero-order valence-electron chi connectivity index (χ0n) is 13.6. The number of aromatic nitrogens is 2. The number of hydrogen-bond donors (Lipinski definition) is 3. The highest BCUT2D eigenvalue weighted by Crippen LogP contribution is 2.30. The van der Waals surface area contributed by atoms with Gasteiger partial charge in [0.1, 0.15) is 11.6 Å². The van der Waals surface area contributed by atoms with Gasteiger partial charge in [-0.1, -0.05) is 49.4 Å². The maximum atomic E-state index is 14.0. The summed E-state index contributed by atoms with van der Waals surface area (Å²) in [5.41, 5.74) is 1.87. The van der Waals surface area contributed by atoms with Crippen LogP contribution in [0.3, 0.4) is 0 Å². The molecule has 2 atom stereocenters. The van der Waals surface area contributed by atoms with Crippen molar-refractivity contribution in [3.05, 3.63) is 78.0 Å². The summed E-state index contributed by atoms with van der Waals surface area (Å²) in [7, 11) is 0. The number of carbonyl (C=O) groups is 1. The van der Waals surface area contributed by atoms with Crippen LogP contribution < -0.4 is 5.32 Å². The quantitative estimate of drug-likeness (QED) is 0.647. The average Bonchev–Trinajstić information content (AvgIpc) is 3.09. The van der Waals surface area contributed by atoms with Crippen LogP contribution in [0.4, 0.5) is 9.18 Å². The Morgan fingerprint density at radius 3 is 2.52 bits per heavy atom. The van der Waals surface area contributed by atoms with Crippen LogP contribution in [0.15, 0.2) is 60.8 Å². The average molecular weight is 339 g/mol. The van der Waals surface area contributed by atoms with Gasteiger partial charge in [-0.05, 0) is 17.7 Å². The first kappa shape index (κ1) is 16.7. The van der Waals surface area contributed by atoms with E-state index in [9.17, 15) is 14.3 Å². The summed E-state index contributed by atoms with van der Waals surface area (Å²) in [4.78, 5) is 18.6. The number of halogens is 1. The molecule has 0 aliphatic carbocycles. The van der Waals surface area contributed by atoms with Crippen molar-refractivity contribution in [3.63, 3.8) is 0 Å². The Morgan fingerprint density at radius 2 is 1.84 bits per heavy atom. The molecular weight excluding hydrogens is 321 g/mol. The molecule has 3 aromatic rings. The molecule has 0 saturated carbocycles. The zero-order valence-corrected chi connectivity index (χ0v) is 13.6. The SMILES string of the molecule is C[C@@H](c1ccccc1)[C@H](NC(=O)O)c1ncc(-c2ccccc2F)[nH]1.